The molecule has 1 aromatic rings. The first-order valence-electron chi connectivity index (χ1n) is 5.18. The molecule has 3 heteroatoms. The Labute approximate surface area is 99.2 Å². The highest BCUT2D eigenvalue weighted by Gasteiger charge is 2.20. The first-order chi connectivity index (χ1) is 7.25. The molecule has 1 aliphatic rings. The van der Waals surface area contributed by atoms with Gasteiger partial charge in [-0.15, -0.1) is 11.8 Å². The molecule has 0 bridgehead atoms. The third-order valence-electron chi connectivity index (χ3n) is 2.57. The fourth-order valence-corrected chi connectivity index (χ4v) is 3.33. The van der Waals surface area contributed by atoms with Crippen LogP contribution in [-0.4, -0.2) is 11.0 Å². The zero-order valence-corrected chi connectivity index (χ0v) is 9.98. The van der Waals surface area contributed by atoms with E-state index in [1.807, 2.05) is 24.3 Å². The SMILES string of the molecule is O=C1CCC[C@H](Sc2ccccc2Cl)C1. The van der Waals surface area contributed by atoms with Crippen LogP contribution in [0.1, 0.15) is 25.7 Å². The van der Waals surface area contributed by atoms with Crippen molar-refractivity contribution in [1.82, 2.24) is 0 Å². The van der Waals surface area contributed by atoms with Crippen LogP contribution in [0.4, 0.5) is 0 Å². The highest BCUT2D eigenvalue weighted by atomic mass is 35.5. The van der Waals surface area contributed by atoms with Crippen molar-refractivity contribution < 1.29 is 4.79 Å². The van der Waals surface area contributed by atoms with Crippen LogP contribution in [0.15, 0.2) is 29.2 Å². The molecule has 1 nitrogen and oxygen atoms in total. The van der Waals surface area contributed by atoms with Gasteiger partial charge in [0.1, 0.15) is 5.78 Å². The zero-order valence-electron chi connectivity index (χ0n) is 8.41. The van der Waals surface area contributed by atoms with Gasteiger partial charge in [-0.1, -0.05) is 23.7 Å². The van der Waals surface area contributed by atoms with E-state index in [0.717, 1.165) is 29.2 Å². The maximum absolute atomic E-state index is 11.3. The summed E-state index contributed by atoms with van der Waals surface area (Å²) in [4.78, 5) is 12.4. The minimum Gasteiger partial charge on any atom is -0.300 e. The molecule has 1 saturated carbocycles. The second kappa shape index (κ2) is 5.04. The lowest BCUT2D eigenvalue weighted by Crippen LogP contribution is -2.16. The van der Waals surface area contributed by atoms with Gasteiger partial charge >= 0.3 is 0 Å². The number of hydrogen-bond acceptors (Lipinski definition) is 2. The maximum Gasteiger partial charge on any atom is 0.134 e. The van der Waals surface area contributed by atoms with Crippen molar-refractivity contribution in [2.75, 3.05) is 0 Å². The summed E-state index contributed by atoms with van der Waals surface area (Å²) in [5, 5.41) is 1.21. The van der Waals surface area contributed by atoms with E-state index in [-0.39, 0.29) is 0 Å². The maximum atomic E-state index is 11.3. The fourth-order valence-electron chi connectivity index (χ4n) is 1.81. The van der Waals surface area contributed by atoms with Crippen molar-refractivity contribution >= 4 is 29.1 Å². The van der Waals surface area contributed by atoms with E-state index in [9.17, 15) is 4.79 Å². The number of thioether (sulfide) groups is 1. The van der Waals surface area contributed by atoms with Crippen molar-refractivity contribution in [2.45, 2.75) is 35.8 Å². The van der Waals surface area contributed by atoms with Crippen molar-refractivity contribution in [2.24, 2.45) is 0 Å². The van der Waals surface area contributed by atoms with Gasteiger partial charge in [0.05, 0.1) is 5.02 Å². The molecule has 0 aliphatic heterocycles. The fraction of sp³-hybridized carbons (Fsp3) is 0.417. The molecule has 0 radical (unpaired) electrons. The Bertz CT molecular complexity index is 364. The summed E-state index contributed by atoms with van der Waals surface area (Å²) >= 11 is 7.82. The second-order valence-electron chi connectivity index (χ2n) is 3.81. The molecule has 0 N–H and O–H groups in total. The van der Waals surface area contributed by atoms with Crippen molar-refractivity contribution in [3.8, 4) is 0 Å². The van der Waals surface area contributed by atoms with Crippen LogP contribution >= 0.6 is 23.4 Å². The number of ketones is 1. The lowest BCUT2D eigenvalue weighted by Gasteiger charge is -2.20. The summed E-state index contributed by atoms with van der Waals surface area (Å²) in [5.74, 6) is 0.394. The van der Waals surface area contributed by atoms with Crippen LogP contribution in [0.2, 0.25) is 5.02 Å². The quantitative estimate of drug-likeness (QED) is 0.779. The van der Waals surface area contributed by atoms with Gasteiger partial charge in [-0.3, -0.25) is 4.79 Å². The van der Waals surface area contributed by atoms with Gasteiger partial charge in [0.25, 0.3) is 0 Å². The number of carbonyl (C=O) groups is 1. The highest BCUT2D eigenvalue weighted by molar-refractivity contribution is 8.00. The Morgan fingerprint density at radius 1 is 1.33 bits per heavy atom. The van der Waals surface area contributed by atoms with Crippen LogP contribution in [0.3, 0.4) is 0 Å². The van der Waals surface area contributed by atoms with Gasteiger partial charge < -0.3 is 0 Å². The summed E-state index contributed by atoms with van der Waals surface area (Å²) in [6.45, 7) is 0. The van der Waals surface area contributed by atoms with Gasteiger partial charge in [0.2, 0.25) is 0 Å². The van der Waals surface area contributed by atoms with Gasteiger partial charge in [-0.2, -0.15) is 0 Å². The van der Waals surface area contributed by atoms with Gasteiger partial charge in [-0.05, 0) is 25.0 Å². The molecule has 1 fully saturated rings. The van der Waals surface area contributed by atoms with E-state index >= 15 is 0 Å². The smallest absolute Gasteiger partial charge is 0.134 e. The average Bonchev–Trinajstić information content (AvgIpc) is 2.22. The summed E-state index contributed by atoms with van der Waals surface area (Å²) in [5.41, 5.74) is 0. The molecule has 1 aromatic carbocycles. The molecule has 0 saturated heterocycles. The number of benzene rings is 1. The minimum absolute atomic E-state index is 0.394. The van der Waals surface area contributed by atoms with E-state index in [2.05, 4.69) is 0 Å². The molecular formula is C12H13ClOS. The summed E-state index contributed by atoms with van der Waals surface area (Å²) in [6, 6.07) is 7.83. The molecule has 2 rings (SSSR count). The Balaban J connectivity index is 2.02. The second-order valence-corrected chi connectivity index (χ2v) is 5.55. The van der Waals surface area contributed by atoms with E-state index in [4.69, 9.17) is 11.6 Å². The molecule has 15 heavy (non-hydrogen) atoms. The molecule has 1 aliphatic carbocycles. The summed E-state index contributed by atoms with van der Waals surface area (Å²) in [6.07, 6.45) is 3.62. The number of halogens is 1. The van der Waals surface area contributed by atoms with Crippen LogP contribution in [0, 0.1) is 0 Å². The molecule has 0 heterocycles. The normalized spacial score (nSPS) is 21.7. The van der Waals surface area contributed by atoms with Gasteiger partial charge in [-0.25, -0.2) is 0 Å². The molecule has 0 unspecified atom stereocenters. The van der Waals surface area contributed by atoms with Crippen LogP contribution in [0.25, 0.3) is 0 Å². The molecule has 80 valence electrons. The molecule has 0 spiro atoms. The van der Waals surface area contributed by atoms with Crippen LogP contribution in [0.5, 0.6) is 0 Å². The van der Waals surface area contributed by atoms with Crippen LogP contribution in [-0.2, 0) is 4.79 Å². The Morgan fingerprint density at radius 3 is 2.87 bits per heavy atom. The molecular weight excluding hydrogens is 228 g/mol. The predicted molar refractivity (Wildman–Crippen MR) is 64.6 cm³/mol. The van der Waals surface area contributed by atoms with Gasteiger partial charge in [0, 0.05) is 23.0 Å². The Kier molecular flexibility index (Phi) is 3.71. The van der Waals surface area contributed by atoms with E-state index in [1.54, 1.807) is 11.8 Å². The third kappa shape index (κ3) is 2.99. The molecule has 0 aromatic heterocycles. The molecule has 1 atom stereocenters. The van der Waals surface area contributed by atoms with Crippen LogP contribution < -0.4 is 0 Å². The van der Waals surface area contributed by atoms with E-state index < -0.39 is 0 Å². The first kappa shape index (κ1) is 11.0. The third-order valence-corrected chi connectivity index (χ3v) is 4.35. The van der Waals surface area contributed by atoms with Gasteiger partial charge in [0.15, 0.2) is 0 Å². The largest absolute Gasteiger partial charge is 0.300 e. The topological polar surface area (TPSA) is 17.1 Å². The van der Waals surface area contributed by atoms with Crippen molar-refractivity contribution in [3.63, 3.8) is 0 Å². The lowest BCUT2D eigenvalue weighted by atomic mass is 9.99. The van der Waals surface area contributed by atoms with Crippen molar-refractivity contribution in [1.29, 1.82) is 0 Å². The number of hydrogen-bond donors (Lipinski definition) is 0. The zero-order chi connectivity index (χ0) is 10.7. The number of Topliss-reactive ketones (excluding diaryl/α,β-unsaturated/α-hetero) is 1. The molecule has 0 amide bonds. The lowest BCUT2D eigenvalue weighted by molar-refractivity contribution is -0.120. The Morgan fingerprint density at radius 2 is 2.13 bits per heavy atom. The predicted octanol–water partition coefficient (Wildman–Crippen LogP) is 3.94. The van der Waals surface area contributed by atoms with Crippen molar-refractivity contribution in [3.05, 3.63) is 29.3 Å². The average molecular weight is 241 g/mol. The summed E-state index contributed by atoms with van der Waals surface area (Å²) < 4.78 is 0. The number of rotatable bonds is 2. The minimum atomic E-state index is 0.394. The monoisotopic (exact) mass is 240 g/mol. The Hall–Kier alpha value is -0.470. The summed E-state index contributed by atoms with van der Waals surface area (Å²) in [7, 11) is 0. The van der Waals surface area contributed by atoms with E-state index in [1.165, 1.54) is 0 Å². The standard InChI is InChI=1S/C12H13ClOS/c13-11-6-1-2-7-12(11)15-10-5-3-4-9(14)8-10/h1-2,6-7,10H,3-5,8H2/t10-/m0/s1. The number of carbonyl (C=O) groups excluding carboxylic acids is 1. The highest BCUT2D eigenvalue weighted by Crippen LogP contribution is 2.35. The first-order valence-corrected chi connectivity index (χ1v) is 6.44. The van der Waals surface area contributed by atoms with E-state index in [0.29, 0.717) is 17.5 Å².